The highest BCUT2D eigenvalue weighted by molar-refractivity contribution is 7.24. The van der Waals surface area contributed by atoms with E-state index in [0.29, 0.717) is 54.3 Å². The van der Waals surface area contributed by atoms with Crippen LogP contribution in [0.25, 0.3) is 32.0 Å². The Kier molecular flexibility index (Phi) is 7.56. The second-order valence-electron chi connectivity index (χ2n) is 8.85. The summed E-state index contributed by atoms with van der Waals surface area (Å²) in [6.07, 6.45) is 3.70. The minimum atomic E-state index is -1.23. The lowest BCUT2D eigenvalue weighted by atomic mass is 10.1. The molecule has 2 aliphatic rings. The molecule has 6 rings (SSSR count). The number of carboxylic acid groups (broad SMARTS) is 2. The van der Waals surface area contributed by atoms with Gasteiger partial charge in [0.15, 0.2) is 34.6 Å². The van der Waals surface area contributed by atoms with Crippen molar-refractivity contribution < 1.29 is 38.7 Å². The average Bonchev–Trinajstić information content (AvgIpc) is 3.63. The van der Waals surface area contributed by atoms with Gasteiger partial charge in [-0.25, -0.2) is 29.5 Å². The van der Waals surface area contributed by atoms with Crippen molar-refractivity contribution in [2.45, 2.75) is 0 Å². The molecular weight excluding hydrogens is 598 g/mol. The summed E-state index contributed by atoms with van der Waals surface area (Å²) < 4.78 is 23.6. The third kappa shape index (κ3) is 5.30. The van der Waals surface area contributed by atoms with Crippen molar-refractivity contribution in [3.8, 4) is 55.0 Å². The van der Waals surface area contributed by atoms with E-state index < -0.39 is 11.9 Å². The van der Waals surface area contributed by atoms with Gasteiger partial charge in [-0.05, 0) is 18.2 Å². The highest BCUT2D eigenvalue weighted by atomic mass is 32.1. The molecule has 4 aromatic heterocycles. The smallest absolute Gasteiger partial charge is 0.335 e. The Hall–Kier alpha value is -5.15. The quantitative estimate of drug-likeness (QED) is 0.163. The van der Waals surface area contributed by atoms with Gasteiger partial charge in [0.2, 0.25) is 0 Å². The zero-order valence-electron chi connectivity index (χ0n) is 22.4. The highest BCUT2D eigenvalue weighted by Gasteiger charge is 2.32. The number of nitrogens with zero attached hydrogens (tertiary/aromatic N) is 5. The van der Waals surface area contributed by atoms with E-state index >= 15 is 0 Å². The number of pyridine rings is 1. The summed E-state index contributed by atoms with van der Waals surface area (Å²) in [7, 11) is 1.44. The van der Waals surface area contributed by atoms with Gasteiger partial charge in [-0.2, -0.15) is 0 Å². The lowest BCUT2D eigenvalue weighted by Crippen LogP contribution is -2.15. The van der Waals surface area contributed by atoms with Crippen LogP contribution in [0.4, 0.5) is 0 Å². The van der Waals surface area contributed by atoms with E-state index in [9.17, 15) is 19.8 Å². The first-order chi connectivity index (χ1) is 20.9. The van der Waals surface area contributed by atoms with E-state index in [1.165, 1.54) is 54.3 Å². The molecule has 43 heavy (non-hydrogen) atoms. The van der Waals surface area contributed by atoms with Crippen molar-refractivity contribution in [3.63, 3.8) is 0 Å². The van der Waals surface area contributed by atoms with E-state index in [0.717, 1.165) is 15.8 Å². The van der Waals surface area contributed by atoms with E-state index in [4.69, 9.17) is 18.9 Å². The van der Waals surface area contributed by atoms with Gasteiger partial charge in [0, 0.05) is 12.4 Å². The third-order valence-corrected chi connectivity index (χ3v) is 8.50. The fourth-order valence-corrected chi connectivity index (χ4v) is 6.51. The van der Waals surface area contributed by atoms with Gasteiger partial charge < -0.3 is 29.2 Å². The molecule has 0 aliphatic carbocycles. The van der Waals surface area contributed by atoms with Crippen LogP contribution in [0, 0.1) is 0 Å². The SMILES string of the molecule is C=C/C(=C\C(=NC)c1cc(C(=O)O)cc(-c2ncnc(-c3sc(-c4scc5c4OCCO5)c4c3OCCO4)n2)n1)C(=O)O. The molecule has 4 aromatic rings. The maximum Gasteiger partial charge on any atom is 0.335 e. The van der Waals surface area contributed by atoms with Gasteiger partial charge in [-0.3, -0.25) is 4.99 Å². The number of hydrogen-bond acceptors (Lipinski definition) is 13. The normalized spacial score (nSPS) is 14.3. The van der Waals surface area contributed by atoms with Crippen LogP contribution in [0.2, 0.25) is 0 Å². The van der Waals surface area contributed by atoms with Crippen molar-refractivity contribution >= 4 is 40.3 Å². The average molecular weight is 620 g/mol. The fourth-order valence-electron chi connectivity index (χ4n) is 4.30. The Morgan fingerprint density at radius 3 is 2.33 bits per heavy atom. The number of hydrogen-bond donors (Lipinski definition) is 2. The van der Waals surface area contributed by atoms with E-state index in [2.05, 4.69) is 31.5 Å². The molecule has 0 saturated carbocycles. The minimum absolute atomic E-state index is 0.0848. The summed E-state index contributed by atoms with van der Waals surface area (Å²) in [6.45, 7) is 5.11. The van der Waals surface area contributed by atoms with E-state index in [1.807, 2.05) is 5.38 Å². The van der Waals surface area contributed by atoms with Gasteiger partial charge in [0.25, 0.3) is 0 Å². The topological polar surface area (TPSA) is 175 Å². The highest BCUT2D eigenvalue weighted by Crippen LogP contribution is 2.57. The molecule has 0 spiro atoms. The Morgan fingerprint density at radius 2 is 1.63 bits per heavy atom. The van der Waals surface area contributed by atoms with E-state index in [-0.39, 0.29) is 39.9 Å². The maximum atomic E-state index is 12.0. The molecular formula is C28H21N5O8S2. The van der Waals surface area contributed by atoms with Crippen LogP contribution >= 0.6 is 22.7 Å². The number of allylic oxidation sites excluding steroid dienone is 1. The molecule has 0 fully saturated rings. The molecule has 6 heterocycles. The largest absolute Gasteiger partial charge is 0.485 e. The number of thiophene rings is 2. The summed E-state index contributed by atoms with van der Waals surface area (Å²) in [6, 6.07) is 2.60. The van der Waals surface area contributed by atoms with Crippen LogP contribution in [-0.2, 0) is 4.79 Å². The number of carboxylic acids is 2. The molecule has 0 bridgehead atoms. The number of aliphatic imine (C=N–C) groups is 1. The number of aromatic carboxylic acids is 1. The summed E-state index contributed by atoms with van der Waals surface area (Å²) >= 11 is 2.83. The lowest BCUT2D eigenvalue weighted by Gasteiger charge is -2.18. The van der Waals surface area contributed by atoms with Crippen molar-refractivity contribution in [1.29, 1.82) is 0 Å². The molecule has 0 unspecified atom stereocenters. The van der Waals surface area contributed by atoms with Crippen LogP contribution in [0.5, 0.6) is 23.0 Å². The van der Waals surface area contributed by atoms with E-state index in [1.54, 1.807) is 0 Å². The van der Waals surface area contributed by atoms with Crippen LogP contribution in [0.1, 0.15) is 16.1 Å². The molecule has 0 atom stereocenters. The Morgan fingerprint density at radius 1 is 0.930 bits per heavy atom. The Bertz CT molecular complexity index is 1840. The van der Waals surface area contributed by atoms with Crippen molar-refractivity contribution in [2.24, 2.45) is 4.99 Å². The summed E-state index contributed by atoms with van der Waals surface area (Å²) in [4.78, 5) is 47.6. The number of rotatable bonds is 8. The first kappa shape index (κ1) is 28.0. The van der Waals surface area contributed by atoms with Crippen molar-refractivity contribution in [1.82, 2.24) is 19.9 Å². The Balaban J connectivity index is 1.45. The molecule has 0 saturated heterocycles. The number of aliphatic carboxylic acids is 1. The summed E-state index contributed by atoms with van der Waals surface area (Å²) in [5.74, 6) is 0.236. The predicted molar refractivity (Wildman–Crippen MR) is 157 cm³/mol. The van der Waals surface area contributed by atoms with Crippen LogP contribution in [0.3, 0.4) is 0 Å². The van der Waals surface area contributed by atoms with Crippen LogP contribution in [-0.4, -0.2) is 81.3 Å². The second-order valence-corrected chi connectivity index (χ2v) is 10.8. The zero-order chi connectivity index (χ0) is 30.1. The van der Waals surface area contributed by atoms with Crippen LogP contribution in [0.15, 0.2) is 53.1 Å². The van der Waals surface area contributed by atoms with Crippen LogP contribution < -0.4 is 18.9 Å². The van der Waals surface area contributed by atoms with Gasteiger partial charge in [-0.15, -0.1) is 22.7 Å². The van der Waals surface area contributed by atoms with Crippen molar-refractivity contribution in [2.75, 3.05) is 33.5 Å². The molecule has 0 radical (unpaired) electrons. The fraction of sp³-hybridized carbons (Fsp3) is 0.179. The summed E-state index contributed by atoms with van der Waals surface area (Å²) in [5, 5.41) is 21.1. The number of fused-ring (bicyclic) bond motifs is 2. The van der Waals surface area contributed by atoms with Crippen molar-refractivity contribution in [3.05, 3.63) is 59.4 Å². The predicted octanol–water partition coefficient (Wildman–Crippen LogP) is 4.25. The molecule has 218 valence electrons. The number of ether oxygens (including phenoxy) is 4. The van der Waals surface area contributed by atoms with Gasteiger partial charge >= 0.3 is 11.9 Å². The molecule has 0 aromatic carbocycles. The molecule has 2 N–H and O–H groups in total. The van der Waals surface area contributed by atoms with Gasteiger partial charge in [-0.1, -0.05) is 12.7 Å². The molecule has 0 amide bonds. The molecule has 13 nitrogen and oxygen atoms in total. The first-order valence-electron chi connectivity index (χ1n) is 12.7. The molecule has 2 aliphatic heterocycles. The van der Waals surface area contributed by atoms with Gasteiger partial charge in [0.1, 0.15) is 43.3 Å². The molecule has 15 heteroatoms. The standard InChI is InChI=1S/C28H21N5O8S2/c1-3-13(27(34)35)8-15(29-2)16-9-14(28(36)37)10-17(32-16)25-30-12-31-26(33-25)24-21-20(40-6-7-41-21)23(43-24)22-19-18(11-42-22)38-4-5-39-19/h3,8-12H,1,4-7H2,2H3,(H,34,35)(H,36,37)/b13-8+,29-15?. The number of carbonyl (C=O) groups is 2. The zero-order valence-corrected chi connectivity index (χ0v) is 24.0. The minimum Gasteiger partial charge on any atom is -0.485 e. The lowest BCUT2D eigenvalue weighted by molar-refractivity contribution is -0.132. The monoisotopic (exact) mass is 619 g/mol. The maximum absolute atomic E-state index is 12.0. The Labute approximate surface area is 251 Å². The summed E-state index contributed by atoms with van der Waals surface area (Å²) in [5.41, 5.74) is 0.0890. The second kappa shape index (κ2) is 11.6. The first-order valence-corrected chi connectivity index (χ1v) is 14.4. The van der Waals surface area contributed by atoms with Gasteiger partial charge in [0.05, 0.1) is 32.3 Å². The third-order valence-electron chi connectivity index (χ3n) is 6.25. The number of aromatic nitrogens is 4.